The summed E-state index contributed by atoms with van der Waals surface area (Å²) in [6.45, 7) is 10.7. The van der Waals surface area contributed by atoms with Gasteiger partial charge in [0, 0.05) is 12.3 Å². The number of carbonyl (C=O) groups excluding carboxylic acids is 1. The van der Waals surface area contributed by atoms with E-state index in [2.05, 4.69) is 25.7 Å². The molecule has 0 aliphatic carbocycles. The molecular weight excluding hydrogens is 332 g/mol. The molecule has 0 radical (unpaired) electrons. The third-order valence-electron chi connectivity index (χ3n) is 4.18. The van der Waals surface area contributed by atoms with Gasteiger partial charge < -0.3 is 15.4 Å². The SMILES string of the molecule is CCCOc1cc(CCCCN)ccc1C(=O)SCCN(CC)CC. The number of nitrogens with two attached hydrogens (primary N) is 1. The maximum absolute atomic E-state index is 12.6. The molecule has 0 spiro atoms. The van der Waals surface area contributed by atoms with Crippen LogP contribution in [0.1, 0.15) is 56.0 Å². The van der Waals surface area contributed by atoms with Crippen LogP contribution in [0.2, 0.25) is 0 Å². The highest BCUT2D eigenvalue weighted by Gasteiger charge is 2.14. The van der Waals surface area contributed by atoms with Crippen molar-refractivity contribution in [3.63, 3.8) is 0 Å². The highest BCUT2D eigenvalue weighted by Crippen LogP contribution is 2.26. The Labute approximate surface area is 157 Å². The molecule has 0 bridgehead atoms. The molecule has 2 N–H and O–H groups in total. The highest BCUT2D eigenvalue weighted by molar-refractivity contribution is 8.14. The minimum atomic E-state index is 0.103. The molecule has 1 aromatic rings. The molecule has 0 fully saturated rings. The summed E-state index contributed by atoms with van der Waals surface area (Å²) in [4.78, 5) is 14.9. The molecule has 0 aliphatic heterocycles. The predicted octanol–water partition coefficient (Wildman–Crippen LogP) is 3.97. The van der Waals surface area contributed by atoms with Gasteiger partial charge in [-0.05, 0) is 63.0 Å². The lowest BCUT2D eigenvalue weighted by atomic mass is 10.1. The molecule has 1 aromatic carbocycles. The van der Waals surface area contributed by atoms with Crippen molar-refractivity contribution in [2.75, 3.05) is 38.5 Å². The first-order valence-corrected chi connectivity index (χ1v) is 10.5. The largest absolute Gasteiger partial charge is 0.493 e. The predicted molar refractivity (Wildman–Crippen MR) is 109 cm³/mol. The van der Waals surface area contributed by atoms with Crippen LogP contribution in [0, 0.1) is 0 Å². The summed E-state index contributed by atoms with van der Waals surface area (Å²) >= 11 is 1.39. The van der Waals surface area contributed by atoms with Gasteiger partial charge in [-0.3, -0.25) is 4.79 Å². The van der Waals surface area contributed by atoms with Crippen LogP contribution in [0.15, 0.2) is 18.2 Å². The first-order valence-electron chi connectivity index (χ1n) is 9.51. The number of carbonyl (C=O) groups is 1. The van der Waals surface area contributed by atoms with Crippen LogP contribution in [0.25, 0.3) is 0 Å². The van der Waals surface area contributed by atoms with Gasteiger partial charge in [-0.25, -0.2) is 0 Å². The van der Waals surface area contributed by atoms with Crippen molar-refractivity contribution in [3.8, 4) is 5.75 Å². The lowest BCUT2D eigenvalue weighted by molar-refractivity contribution is 0.108. The minimum absolute atomic E-state index is 0.103. The van der Waals surface area contributed by atoms with Crippen molar-refractivity contribution in [3.05, 3.63) is 29.3 Å². The lowest BCUT2D eigenvalue weighted by Crippen LogP contribution is -2.25. The van der Waals surface area contributed by atoms with Crippen LogP contribution >= 0.6 is 11.8 Å². The molecule has 142 valence electrons. The van der Waals surface area contributed by atoms with Crippen LogP contribution in [-0.2, 0) is 6.42 Å². The average Bonchev–Trinajstić information content (AvgIpc) is 2.63. The molecule has 0 aliphatic rings. The first-order chi connectivity index (χ1) is 12.2. The summed E-state index contributed by atoms with van der Waals surface area (Å²) in [5, 5.41) is 0.103. The van der Waals surface area contributed by atoms with Gasteiger partial charge in [0.25, 0.3) is 0 Å². The molecule has 4 nitrogen and oxygen atoms in total. The van der Waals surface area contributed by atoms with E-state index in [-0.39, 0.29) is 5.12 Å². The van der Waals surface area contributed by atoms with E-state index in [1.165, 1.54) is 17.3 Å². The highest BCUT2D eigenvalue weighted by atomic mass is 32.2. The summed E-state index contributed by atoms with van der Waals surface area (Å²) in [6.07, 6.45) is 3.99. The van der Waals surface area contributed by atoms with Crippen LogP contribution < -0.4 is 10.5 Å². The van der Waals surface area contributed by atoms with Gasteiger partial charge in [0.1, 0.15) is 5.75 Å². The molecule has 5 heteroatoms. The minimum Gasteiger partial charge on any atom is -0.493 e. The lowest BCUT2D eigenvalue weighted by Gasteiger charge is -2.17. The van der Waals surface area contributed by atoms with Gasteiger partial charge in [0.15, 0.2) is 0 Å². The summed E-state index contributed by atoms with van der Waals surface area (Å²) in [5.41, 5.74) is 7.47. The van der Waals surface area contributed by atoms with Crippen LogP contribution in [0.3, 0.4) is 0 Å². The van der Waals surface area contributed by atoms with E-state index in [4.69, 9.17) is 10.5 Å². The third kappa shape index (κ3) is 8.25. The molecule has 0 atom stereocenters. The van der Waals surface area contributed by atoms with Gasteiger partial charge >= 0.3 is 0 Å². The van der Waals surface area contributed by atoms with E-state index in [1.54, 1.807) is 0 Å². The first kappa shape index (κ1) is 22.0. The van der Waals surface area contributed by atoms with E-state index in [9.17, 15) is 4.79 Å². The van der Waals surface area contributed by atoms with Crippen LogP contribution in [0.5, 0.6) is 5.75 Å². The van der Waals surface area contributed by atoms with E-state index < -0.39 is 0 Å². The quantitative estimate of drug-likeness (QED) is 0.535. The topological polar surface area (TPSA) is 55.6 Å². The van der Waals surface area contributed by atoms with Crippen molar-refractivity contribution in [2.45, 2.75) is 46.5 Å². The Hall–Kier alpha value is -1.04. The number of unbranched alkanes of at least 4 members (excludes halogenated alkanes) is 1. The third-order valence-corrected chi connectivity index (χ3v) is 5.05. The Morgan fingerprint density at radius 2 is 1.96 bits per heavy atom. The molecular formula is C20H34N2O2S. The fourth-order valence-electron chi connectivity index (χ4n) is 2.58. The number of nitrogens with zero attached hydrogens (tertiary/aromatic N) is 1. The molecule has 0 saturated heterocycles. The van der Waals surface area contributed by atoms with E-state index in [1.807, 2.05) is 18.2 Å². The number of thioether (sulfide) groups is 1. The smallest absolute Gasteiger partial charge is 0.223 e. The fourth-order valence-corrected chi connectivity index (χ4v) is 3.44. The van der Waals surface area contributed by atoms with Crippen LogP contribution in [0.4, 0.5) is 0 Å². The Morgan fingerprint density at radius 3 is 2.60 bits per heavy atom. The van der Waals surface area contributed by atoms with Crippen molar-refractivity contribution < 1.29 is 9.53 Å². The van der Waals surface area contributed by atoms with Crippen molar-refractivity contribution in [2.24, 2.45) is 5.73 Å². The van der Waals surface area contributed by atoms with Gasteiger partial charge in [-0.15, -0.1) is 0 Å². The van der Waals surface area contributed by atoms with Gasteiger partial charge in [-0.2, -0.15) is 0 Å². The van der Waals surface area contributed by atoms with Crippen LogP contribution in [-0.4, -0.2) is 48.6 Å². The number of ether oxygens (including phenoxy) is 1. The van der Waals surface area contributed by atoms with E-state index >= 15 is 0 Å². The Kier molecular flexibility index (Phi) is 11.6. The van der Waals surface area contributed by atoms with E-state index in [0.29, 0.717) is 12.2 Å². The summed E-state index contributed by atoms with van der Waals surface area (Å²) in [6, 6.07) is 6.01. The number of benzene rings is 1. The van der Waals surface area contributed by atoms with Crippen molar-refractivity contribution in [1.29, 1.82) is 0 Å². The van der Waals surface area contributed by atoms with Gasteiger partial charge in [0.2, 0.25) is 5.12 Å². The number of rotatable bonds is 13. The van der Waals surface area contributed by atoms with Gasteiger partial charge in [0.05, 0.1) is 12.2 Å². The summed E-state index contributed by atoms with van der Waals surface area (Å²) in [5.74, 6) is 1.54. The molecule has 0 unspecified atom stereocenters. The Bertz CT molecular complexity index is 504. The number of hydrogen-bond donors (Lipinski definition) is 1. The van der Waals surface area contributed by atoms with Crippen molar-refractivity contribution in [1.82, 2.24) is 4.90 Å². The second-order valence-electron chi connectivity index (χ2n) is 6.09. The Balaban J connectivity index is 2.72. The van der Waals surface area contributed by atoms with Gasteiger partial charge in [-0.1, -0.05) is 38.6 Å². The molecule has 0 saturated carbocycles. The molecule has 25 heavy (non-hydrogen) atoms. The molecule has 0 aromatic heterocycles. The number of aryl methyl sites for hydroxylation is 1. The zero-order valence-corrected chi connectivity index (χ0v) is 16.9. The molecule has 0 heterocycles. The maximum Gasteiger partial charge on any atom is 0.223 e. The second kappa shape index (κ2) is 13.2. The molecule has 0 amide bonds. The summed E-state index contributed by atoms with van der Waals surface area (Å²) < 4.78 is 5.85. The molecule has 1 rings (SSSR count). The monoisotopic (exact) mass is 366 g/mol. The van der Waals surface area contributed by atoms with E-state index in [0.717, 1.165) is 63.4 Å². The second-order valence-corrected chi connectivity index (χ2v) is 7.16. The zero-order valence-electron chi connectivity index (χ0n) is 16.1. The van der Waals surface area contributed by atoms with Crippen molar-refractivity contribution >= 4 is 16.9 Å². The number of hydrogen-bond acceptors (Lipinski definition) is 5. The Morgan fingerprint density at radius 1 is 1.20 bits per heavy atom. The standard InChI is InChI=1S/C20H34N2O2S/c1-4-14-24-19-16-17(9-7-8-12-21)10-11-18(19)20(23)25-15-13-22(5-2)6-3/h10-11,16H,4-9,12-15,21H2,1-3H3. The fraction of sp³-hybridized carbons (Fsp3) is 0.650. The normalized spacial score (nSPS) is 11.1. The summed E-state index contributed by atoms with van der Waals surface area (Å²) in [7, 11) is 0. The zero-order chi connectivity index (χ0) is 18.5. The maximum atomic E-state index is 12.6. The average molecular weight is 367 g/mol.